The zero-order valence-electron chi connectivity index (χ0n) is 20.2. The molecular formula is C28H35FN2O3. The molecule has 3 rings (SSSR count). The van der Waals surface area contributed by atoms with Gasteiger partial charge in [-0.3, -0.25) is 9.59 Å². The first-order valence-corrected chi connectivity index (χ1v) is 12.0. The third-order valence-electron chi connectivity index (χ3n) is 6.57. The van der Waals surface area contributed by atoms with Crippen LogP contribution in [-0.2, 0) is 16.1 Å². The highest BCUT2D eigenvalue weighted by molar-refractivity contribution is 5.77. The van der Waals surface area contributed by atoms with Gasteiger partial charge in [0.2, 0.25) is 5.91 Å². The van der Waals surface area contributed by atoms with E-state index in [0.717, 1.165) is 12.0 Å². The first-order chi connectivity index (χ1) is 16.3. The molecular weight excluding hydrogens is 431 g/mol. The molecule has 0 radical (unpaired) electrons. The first kappa shape index (κ1) is 25.5. The Morgan fingerprint density at radius 3 is 2.41 bits per heavy atom. The van der Waals surface area contributed by atoms with Crippen molar-refractivity contribution in [3.05, 3.63) is 77.6 Å². The molecule has 0 aliphatic heterocycles. The number of carbonyl (C=O) groups excluding carboxylic acids is 2. The minimum absolute atomic E-state index is 0.00519. The molecule has 0 saturated heterocycles. The zero-order valence-corrected chi connectivity index (χ0v) is 20.2. The van der Waals surface area contributed by atoms with E-state index in [4.69, 9.17) is 4.74 Å². The molecule has 0 spiro atoms. The van der Waals surface area contributed by atoms with Gasteiger partial charge in [0.15, 0.2) is 6.61 Å². The maximum absolute atomic E-state index is 13.1. The number of hydrogen-bond donors (Lipinski definition) is 2. The average Bonchev–Trinajstić information content (AvgIpc) is 2.83. The van der Waals surface area contributed by atoms with Crippen molar-refractivity contribution in [2.45, 2.75) is 40.2 Å². The third kappa shape index (κ3) is 7.72. The van der Waals surface area contributed by atoms with Gasteiger partial charge in [-0.2, -0.15) is 0 Å². The number of halogens is 1. The summed E-state index contributed by atoms with van der Waals surface area (Å²) in [6.45, 7) is 7.39. The van der Waals surface area contributed by atoms with Crippen LogP contribution in [0.15, 0.2) is 66.2 Å². The molecule has 0 aromatic heterocycles. The van der Waals surface area contributed by atoms with Crippen LogP contribution < -0.4 is 15.4 Å². The fraction of sp³-hybridized carbons (Fsp3) is 0.429. The Hall–Kier alpha value is -3.15. The number of para-hydroxylation sites is 1. The number of hydrogen-bond acceptors (Lipinski definition) is 3. The van der Waals surface area contributed by atoms with E-state index in [1.165, 1.54) is 17.7 Å². The van der Waals surface area contributed by atoms with E-state index in [1.807, 2.05) is 30.3 Å². The number of ether oxygens (including phenoxy) is 1. The van der Waals surface area contributed by atoms with Crippen LogP contribution >= 0.6 is 0 Å². The van der Waals surface area contributed by atoms with Gasteiger partial charge in [0.25, 0.3) is 5.91 Å². The molecule has 0 heterocycles. The average molecular weight is 467 g/mol. The number of allylic oxidation sites excluding steroid dienone is 1. The normalized spacial score (nSPS) is 19.9. The topological polar surface area (TPSA) is 67.4 Å². The Labute approximate surface area is 201 Å². The summed E-state index contributed by atoms with van der Waals surface area (Å²) in [6.07, 6.45) is 3.56. The number of rotatable bonds is 10. The molecule has 182 valence electrons. The van der Waals surface area contributed by atoms with Gasteiger partial charge in [-0.15, -0.1) is 0 Å². The van der Waals surface area contributed by atoms with Crippen molar-refractivity contribution < 1.29 is 18.7 Å². The van der Waals surface area contributed by atoms with Gasteiger partial charge in [-0.05, 0) is 66.8 Å². The number of nitrogens with one attached hydrogen (secondary N) is 2. The lowest BCUT2D eigenvalue weighted by molar-refractivity contribution is -0.123. The quantitative estimate of drug-likeness (QED) is 0.491. The van der Waals surface area contributed by atoms with E-state index in [1.54, 1.807) is 12.1 Å². The minimum atomic E-state index is -0.285. The molecule has 3 atom stereocenters. The van der Waals surface area contributed by atoms with Gasteiger partial charge in [-0.1, -0.05) is 55.8 Å². The first-order valence-electron chi connectivity index (χ1n) is 12.0. The van der Waals surface area contributed by atoms with E-state index in [9.17, 15) is 14.0 Å². The van der Waals surface area contributed by atoms with Gasteiger partial charge >= 0.3 is 0 Å². The number of carbonyl (C=O) groups is 2. The van der Waals surface area contributed by atoms with Crippen LogP contribution in [0.1, 0.15) is 39.2 Å². The van der Waals surface area contributed by atoms with Crippen LogP contribution in [0.2, 0.25) is 0 Å². The van der Waals surface area contributed by atoms with Crippen LogP contribution in [0.5, 0.6) is 5.75 Å². The number of amides is 2. The van der Waals surface area contributed by atoms with Crippen LogP contribution in [0, 0.1) is 29.5 Å². The summed E-state index contributed by atoms with van der Waals surface area (Å²) in [4.78, 5) is 24.9. The lowest BCUT2D eigenvalue weighted by Crippen LogP contribution is -2.39. The third-order valence-corrected chi connectivity index (χ3v) is 6.57. The smallest absolute Gasteiger partial charge is 0.257 e. The summed E-state index contributed by atoms with van der Waals surface area (Å²) >= 11 is 0. The predicted molar refractivity (Wildman–Crippen MR) is 131 cm³/mol. The maximum Gasteiger partial charge on any atom is 0.257 e. The maximum atomic E-state index is 13.1. The second-order valence-electron chi connectivity index (χ2n) is 9.43. The number of benzene rings is 2. The summed E-state index contributed by atoms with van der Waals surface area (Å²) in [5.74, 6) is 1.44. The van der Waals surface area contributed by atoms with E-state index < -0.39 is 0 Å². The molecule has 34 heavy (non-hydrogen) atoms. The molecule has 2 aromatic carbocycles. The van der Waals surface area contributed by atoms with E-state index in [2.05, 4.69) is 37.5 Å². The zero-order chi connectivity index (χ0) is 24.5. The molecule has 6 heteroatoms. The molecule has 0 saturated carbocycles. The summed E-state index contributed by atoms with van der Waals surface area (Å²) in [6, 6.07) is 15.5. The lowest BCUT2D eigenvalue weighted by atomic mass is 9.69. The largest absolute Gasteiger partial charge is 0.484 e. The lowest BCUT2D eigenvalue weighted by Gasteiger charge is -2.37. The van der Waals surface area contributed by atoms with Gasteiger partial charge < -0.3 is 15.4 Å². The highest BCUT2D eigenvalue weighted by Gasteiger charge is 2.32. The molecule has 5 nitrogen and oxygen atoms in total. The second-order valence-corrected chi connectivity index (χ2v) is 9.43. The van der Waals surface area contributed by atoms with E-state index in [0.29, 0.717) is 37.1 Å². The summed E-state index contributed by atoms with van der Waals surface area (Å²) in [5, 5.41) is 5.96. The fourth-order valence-electron chi connectivity index (χ4n) is 4.55. The monoisotopic (exact) mass is 466 g/mol. The van der Waals surface area contributed by atoms with Crippen molar-refractivity contribution in [2.24, 2.45) is 23.7 Å². The van der Waals surface area contributed by atoms with Gasteiger partial charge in [0, 0.05) is 19.5 Å². The molecule has 0 fully saturated rings. The molecule has 1 aliphatic carbocycles. The summed E-state index contributed by atoms with van der Waals surface area (Å²) < 4.78 is 18.6. The Morgan fingerprint density at radius 2 is 1.74 bits per heavy atom. The van der Waals surface area contributed by atoms with E-state index >= 15 is 0 Å². The summed E-state index contributed by atoms with van der Waals surface area (Å²) in [5.41, 5.74) is 2.06. The van der Waals surface area contributed by atoms with Crippen LogP contribution in [0.25, 0.3) is 0 Å². The predicted octanol–water partition coefficient (Wildman–Crippen LogP) is 4.88. The molecule has 0 bridgehead atoms. The molecule has 2 amide bonds. The van der Waals surface area contributed by atoms with Crippen molar-refractivity contribution in [3.63, 3.8) is 0 Å². The highest BCUT2D eigenvalue weighted by Crippen LogP contribution is 2.38. The van der Waals surface area contributed by atoms with Crippen molar-refractivity contribution >= 4 is 11.8 Å². The van der Waals surface area contributed by atoms with Crippen molar-refractivity contribution in [3.8, 4) is 5.75 Å². The second kappa shape index (κ2) is 12.4. The fourth-order valence-corrected chi connectivity index (χ4v) is 4.55. The highest BCUT2D eigenvalue weighted by atomic mass is 19.1. The molecule has 1 aliphatic rings. The van der Waals surface area contributed by atoms with Gasteiger partial charge in [0.05, 0.1) is 0 Å². The summed E-state index contributed by atoms with van der Waals surface area (Å²) in [7, 11) is 0. The Kier molecular flexibility index (Phi) is 9.25. The standard InChI is InChI=1S/C28H35FN2O3/c1-19(2)26-14-22(15-27(32)30-16-21-9-11-24(29)12-10-21)20(3)13-23(26)17-31-28(33)18-34-25-7-5-4-6-8-25/h4-13,19,22-23,26H,14-18H2,1-3H3,(H,30,32)(H,31,33). The Bertz CT molecular complexity index is 973. The van der Waals surface area contributed by atoms with Gasteiger partial charge in [-0.25, -0.2) is 4.39 Å². The van der Waals surface area contributed by atoms with Crippen molar-refractivity contribution in [2.75, 3.05) is 13.2 Å². The van der Waals surface area contributed by atoms with Crippen molar-refractivity contribution in [1.29, 1.82) is 0 Å². The molecule has 3 unspecified atom stereocenters. The minimum Gasteiger partial charge on any atom is -0.484 e. The van der Waals surface area contributed by atoms with E-state index in [-0.39, 0.29) is 36.1 Å². The SMILES string of the molecule is CC1=CC(CNC(=O)COc2ccccc2)C(C(C)C)CC1CC(=O)NCc1ccc(F)cc1. The Balaban J connectivity index is 1.50. The van der Waals surface area contributed by atoms with Crippen LogP contribution in [-0.4, -0.2) is 25.0 Å². The van der Waals surface area contributed by atoms with Crippen LogP contribution in [0.4, 0.5) is 4.39 Å². The Morgan fingerprint density at radius 1 is 1.03 bits per heavy atom. The van der Waals surface area contributed by atoms with Crippen LogP contribution in [0.3, 0.4) is 0 Å². The van der Waals surface area contributed by atoms with Crippen molar-refractivity contribution in [1.82, 2.24) is 10.6 Å². The molecule has 2 N–H and O–H groups in total. The van der Waals surface area contributed by atoms with Gasteiger partial charge in [0.1, 0.15) is 11.6 Å². The molecule has 2 aromatic rings.